The molecule has 0 spiro atoms. The third-order valence-corrected chi connectivity index (χ3v) is 3.83. The van der Waals surface area contributed by atoms with E-state index in [0.717, 1.165) is 30.2 Å². The zero-order valence-corrected chi connectivity index (χ0v) is 12.8. The van der Waals surface area contributed by atoms with E-state index in [1.54, 1.807) is 21.3 Å². The van der Waals surface area contributed by atoms with E-state index in [2.05, 4.69) is 10.6 Å². The number of hydrogen-bond donors (Lipinski definition) is 3. The van der Waals surface area contributed by atoms with E-state index >= 15 is 0 Å². The lowest BCUT2D eigenvalue weighted by Gasteiger charge is -2.18. The summed E-state index contributed by atoms with van der Waals surface area (Å²) in [6.45, 7) is 2.86. The SMILES string of the molecule is COc1cc(OC)c(CNCC2CNCC2O)c(OC)c1. The molecule has 0 radical (unpaired) electrons. The summed E-state index contributed by atoms with van der Waals surface area (Å²) >= 11 is 0. The molecule has 1 aliphatic heterocycles. The third-order valence-electron chi connectivity index (χ3n) is 3.83. The Bertz CT molecular complexity index is 442. The molecule has 0 aromatic heterocycles. The van der Waals surface area contributed by atoms with Crippen molar-refractivity contribution in [3.63, 3.8) is 0 Å². The molecular formula is C15H24N2O4. The van der Waals surface area contributed by atoms with Crippen LogP contribution in [-0.2, 0) is 6.54 Å². The number of aliphatic hydroxyl groups excluding tert-OH is 1. The first-order chi connectivity index (χ1) is 10.2. The summed E-state index contributed by atoms with van der Waals surface area (Å²) in [5, 5.41) is 16.3. The molecule has 118 valence electrons. The van der Waals surface area contributed by atoms with Gasteiger partial charge in [0.25, 0.3) is 0 Å². The van der Waals surface area contributed by atoms with Crippen LogP contribution in [0.25, 0.3) is 0 Å². The van der Waals surface area contributed by atoms with Crippen molar-refractivity contribution in [2.75, 3.05) is 41.0 Å². The van der Waals surface area contributed by atoms with Crippen molar-refractivity contribution < 1.29 is 19.3 Å². The number of aliphatic hydroxyl groups is 1. The zero-order chi connectivity index (χ0) is 15.2. The summed E-state index contributed by atoms with van der Waals surface area (Å²) in [6, 6.07) is 3.68. The van der Waals surface area contributed by atoms with Crippen LogP contribution in [0, 0.1) is 5.92 Å². The van der Waals surface area contributed by atoms with E-state index in [-0.39, 0.29) is 12.0 Å². The molecule has 1 fully saturated rings. The van der Waals surface area contributed by atoms with Crippen LogP contribution < -0.4 is 24.8 Å². The average Bonchev–Trinajstić information content (AvgIpc) is 2.92. The molecule has 0 amide bonds. The Balaban J connectivity index is 2.04. The number of β-amino-alcohol motifs (C(OH)–C–C–N with tert-alkyl or cyclic N) is 1. The van der Waals surface area contributed by atoms with Gasteiger partial charge in [-0.1, -0.05) is 0 Å². The zero-order valence-electron chi connectivity index (χ0n) is 12.8. The lowest BCUT2D eigenvalue weighted by atomic mass is 10.1. The summed E-state index contributed by atoms with van der Waals surface area (Å²) < 4.78 is 16.1. The molecule has 0 aliphatic carbocycles. The maximum atomic E-state index is 9.79. The first-order valence-electron chi connectivity index (χ1n) is 7.08. The number of methoxy groups -OCH3 is 3. The molecule has 0 saturated carbocycles. The molecule has 6 heteroatoms. The lowest BCUT2D eigenvalue weighted by Crippen LogP contribution is -2.30. The van der Waals surface area contributed by atoms with Gasteiger partial charge in [0.2, 0.25) is 0 Å². The molecule has 1 saturated heterocycles. The van der Waals surface area contributed by atoms with Crippen LogP contribution in [0.3, 0.4) is 0 Å². The highest BCUT2D eigenvalue weighted by atomic mass is 16.5. The highest BCUT2D eigenvalue weighted by molar-refractivity contribution is 5.50. The van der Waals surface area contributed by atoms with Crippen LogP contribution >= 0.6 is 0 Å². The normalized spacial score (nSPS) is 21.3. The van der Waals surface area contributed by atoms with Crippen LogP contribution in [0.5, 0.6) is 17.2 Å². The highest BCUT2D eigenvalue weighted by Gasteiger charge is 2.24. The van der Waals surface area contributed by atoms with Gasteiger partial charge >= 0.3 is 0 Å². The van der Waals surface area contributed by atoms with Crippen LogP contribution in [-0.4, -0.2) is 52.2 Å². The molecule has 1 aliphatic rings. The van der Waals surface area contributed by atoms with Gasteiger partial charge in [0.1, 0.15) is 17.2 Å². The van der Waals surface area contributed by atoms with Crippen LogP contribution in [0.4, 0.5) is 0 Å². The second-order valence-electron chi connectivity index (χ2n) is 5.13. The second-order valence-corrected chi connectivity index (χ2v) is 5.13. The third kappa shape index (κ3) is 3.78. The van der Waals surface area contributed by atoms with Crippen molar-refractivity contribution in [1.82, 2.24) is 10.6 Å². The number of rotatable bonds is 7. The van der Waals surface area contributed by atoms with Crippen molar-refractivity contribution in [3.05, 3.63) is 17.7 Å². The van der Waals surface area contributed by atoms with Gasteiger partial charge in [0.15, 0.2) is 0 Å². The van der Waals surface area contributed by atoms with E-state index in [9.17, 15) is 5.11 Å². The molecule has 3 N–H and O–H groups in total. The van der Waals surface area contributed by atoms with Gasteiger partial charge in [0, 0.05) is 44.2 Å². The lowest BCUT2D eigenvalue weighted by molar-refractivity contribution is 0.146. The maximum absolute atomic E-state index is 9.79. The Morgan fingerprint density at radius 2 is 1.81 bits per heavy atom. The number of nitrogens with one attached hydrogen (secondary N) is 2. The largest absolute Gasteiger partial charge is 0.496 e. The molecule has 2 rings (SSSR count). The van der Waals surface area contributed by atoms with Crippen molar-refractivity contribution in [1.29, 1.82) is 0 Å². The van der Waals surface area contributed by atoms with Gasteiger partial charge in [-0.25, -0.2) is 0 Å². The van der Waals surface area contributed by atoms with Crippen molar-refractivity contribution in [3.8, 4) is 17.2 Å². The van der Waals surface area contributed by atoms with Crippen LogP contribution in [0.2, 0.25) is 0 Å². The Morgan fingerprint density at radius 1 is 1.14 bits per heavy atom. The maximum Gasteiger partial charge on any atom is 0.130 e. The summed E-state index contributed by atoms with van der Waals surface area (Å²) in [4.78, 5) is 0. The monoisotopic (exact) mass is 296 g/mol. The van der Waals surface area contributed by atoms with Crippen molar-refractivity contribution in [2.45, 2.75) is 12.6 Å². The summed E-state index contributed by atoms with van der Waals surface area (Å²) in [5.74, 6) is 2.38. The molecule has 21 heavy (non-hydrogen) atoms. The minimum atomic E-state index is -0.280. The fraction of sp³-hybridized carbons (Fsp3) is 0.600. The summed E-state index contributed by atoms with van der Waals surface area (Å²) in [7, 11) is 4.87. The molecule has 0 bridgehead atoms. The van der Waals surface area contributed by atoms with Gasteiger partial charge in [-0.05, 0) is 0 Å². The molecule has 1 heterocycles. The molecule has 1 aromatic carbocycles. The second kappa shape index (κ2) is 7.49. The number of hydrogen-bond acceptors (Lipinski definition) is 6. The topological polar surface area (TPSA) is 72.0 Å². The highest BCUT2D eigenvalue weighted by Crippen LogP contribution is 2.33. The predicted octanol–water partition coefficient (Wildman–Crippen LogP) is 0.382. The molecule has 2 unspecified atom stereocenters. The molecule has 6 nitrogen and oxygen atoms in total. The van der Waals surface area contributed by atoms with E-state index in [4.69, 9.17) is 14.2 Å². The van der Waals surface area contributed by atoms with E-state index in [0.29, 0.717) is 18.8 Å². The van der Waals surface area contributed by atoms with E-state index < -0.39 is 0 Å². The van der Waals surface area contributed by atoms with Crippen molar-refractivity contribution >= 4 is 0 Å². The van der Waals surface area contributed by atoms with Crippen LogP contribution in [0.1, 0.15) is 5.56 Å². The van der Waals surface area contributed by atoms with Crippen molar-refractivity contribution in [2.24, 2.45) is 5.92 Å². The van der Waals surface area contributed by atoms with Gasteiger partial charge < -0.3 is 30.0 Å². The first kappa shape index (κ1) is 15.9. The Labute approximate surface area is 125 Å². The smallest absolute Gasteiger partial charge is 0.130 e. The minimum absolute atomic E-state index is 0.236. The molecule has 1 aromatic rings. The van der Waals surface area contributed by atoms with Gasteiger partial charge in [-0.15, -0.1) is 0 Å². The molecular weight excluding hydrogens is 272 g/mol. The fourth-order valence-electron chi connectivity index (χ4n) is 2.56. The van der Waals surface area contributed by atoms with Gasteiger partial charge in [-0.3, -0.25) is 0 Å². The number of ether oxygens (including phenoxy) is 3. The van der Waals surface area contributed by atoms with Gasteiger partial charge in [-0.2, -0.15) is 0 Å². The Hall–Kier alpha value is -1.50. The van der Waals surface area contributed by atoms with Crippen LogP contribution in [0.15, 0.2) is 12.1 Å². The van der Waals surface area contributed by atoms with E-state index in [1.165, 1.54) is 0 Å². The quantitative estimate of drug-likeness (QED) is 0.676. The first-order valence-corrected chi connectivity index (χ1v) is 7.08. The minimum Gasteiger partial charge on any atom is -0.496 e. The Kier molecular flexibility index (Phi) is 5.67. The summed E-state index contributed by atoms with van der Waals surface area (Å²) in [6.07, 6.45) is -0.280. The average molecular weight is 296 g/mol. The van der Waals surface area contributed by atoms with E-state index in [1.807, 2.05) is 12.1 Å². The summed E-state index contributed by atoms with van der Waals surface area (Å²) in [5.41, 5.74) is 0.946. The predicted molar refractivity (Wildman–Crippen MR) is 80.2 cm³/mol. The molecule has 2 atom stereocenters. The van der Waals surface area contributed by atoms with Gasteiger partial charge in [0.05, 0.1) is 33.0 Å². The standard InChI is InChI=1S/C15H24N2O4/c1-19-11-4-14(20-2)12(15(5-11)21-3)8-16-6-10-7-17-9-13(10)18/h4-5,10,13,16-18H,6-9H2,1-3H3. The Morgan fingerprint density at radius 3 is 2.29 bits per heavy atom. The fourth-order valence-corrected chi connectivity index (χ4v) is 2.56. The number of benzene rings is 1.